The van der Waals surface area contributed by atoms with Gasteiger partial charge in [0.25, 0.3) is 0 Å². The molecule has 2 rings (SSSR count). The zero-order valence-corrected chi connectivity index (χ0v) is 13.0. The number of thiocarbonyl (C=S) groups is 1. The SMILES string of the molecule is CC1CSCCN1S(=O)(=O)c1cccc(C(N)=S)c1. The number of nitrogens with two attached hydrogens (primary N) is 1. The number of nitrogens with zero attached hydrogens (tertiary/aromatic N) is 1. The van der Waals surface area contributed by atoms with E-state index in [-0.39, 0.29) is 15.9 Å². The third-order valence-corrected chi connectivity index (χ3v) is 6.47. The van der Waals surface area contributed by atoms with Gasteiger partial charge in [0.05, 0.1) is 4.90 Å². The van der Waals surface area contributed by atoms with E-state index < -0.39 is 10.0 Å². The molecule has 2 N–H and O–H groups in total. The summed E-state index contributed by atoms with van der Waals surface area (Å²) >= 11 is 6.67. The second kappa shape index (κ2) is 5.78. The number of rotatable bonds is 3. The molecule has 1 aliphatic rings. The molecule has 0 amide bonds. The molecule has 1 heterocycles. The van der Waals surface area contributed by atoms with Crippen LogP contribution in [0, 0.1) is 0 Å². The van der Waals surface area contributed by atoms with E-state index in [0.29, 0.717) is 12.1 Å². The molecule has 7 heteroatoms. The highest BCUT2D eigenvalue weighted by atomic mass is 32.2. The lowest BCUT2D eigenvalue weighted by Gasteiger charge is -2.32. The standard InChI is InChI=1S/C12H16N2O2S3/c1-9-8-18-6-5-14(9)19(15,16)11-4-2-3-10(7-11)12(13)17/h2-4,7,9H,5-6,8H2,1H3,(H2,13,17). The monoisotopic (exact) mass is 316 g/mol. The van der Waals surface area contributed by atoms with Crippen LogP contribution in [-0.4, -0.2) is 41.8 Å². The van der Waals surface area contributed by atoms with E-state index in [1.807, 2.05) is 6.92 Å². The van der Waals surface area contributed by atoms with Crippen LogP contribution in [0.1, 0.15) is 12.5 Å². The highest BCUT2D eigenvalue weighted by Gasteiger charge is 2.31. The Labute approximate surface area is 123 Å². The van der Waals surface area contributed by atoms with Crippen LogP contribution in [0.25, 0.3) is 0 Å². The van der Waals surface area contributed by atoms with Crippen LogP contribution in [0.4, 0.5) is 0 Å². The fourth-order valence-corrected chi connectivity index (χ4v) is 5.04. The minimum atomic E-state index is -3.46. The first-order valence-corrected chi connectivity index (χ1v) is 8.92. The van der Waals surface area contributed by atoms with Crippen LogP contribution >= 0.6 is 24.0 Å². The molecule has 0 spiro atoms. The molecule has 0 saturated carbocycles. The van der Waals surface area contributed by atoms with Gasteiger partial charge in [-0.15, -0.1) is 0 Å². The molecule has 4 nitrogen and oxygen atoms in total. The van der Waals surface area contributed by atoms with Gasteiger partial charge >= 0.3 is 0 Å². The van der Waals surface area contributed by atoms with Crippen molar-refractivity contribution in [3.63, 3.8) is 0 Å². The summed E-state index contributed by atoms with van der Waals surface area (Å²) in [6.07, 6.45) is 0. The lowest BCUT2D eigenvalue weighted by molar-refractivity contribution is 0.367. The topological polar surface area (TPSA) is 63.4 Å². The molecule has 1 fully saturated rings. The largest absolute Gasteiger partial charge is 0.389 e. The molecule has 0 bridgehead atoms. The van der Waals surface area contributed by atoms with E-state index in [4.69, 9.17) is 18.0 Å². The molecule has 0 radical (unpaired) electrons. The lowest BCUT2D eigenvalue weighted by Crippen LogP contribution is -2.44. The highest BCUT2D eigenvalue weighted by molar-refractivity contribution is 7.99. The van der Waals surface area contributed by atoms with Gasteiger partial charge < -0.3 is 5.73 Å². The molecular formula is C12H16N2O2S3. The van der Waals surface area contributed by atoms with Crippen LogP contribution < -0.4 is 5.73 Å². The van der Waals surface area contributed by atoms with Crippen molar-refractivity contribution in [2.75, 3.05) is 18.1 Å². The van der Waals surface area contributed by atoms with E-state index in [1.165, 1.54) is 0 Å². The maximum atomic E-state index is 12.6. The second-order valence-electron chi connectivity index (χ2n) is 4.43. The summed E-state index contributed by atoms with van der Waals surface area (Å²) < 4.78 is 26.8. The Morgan fingerprint density at radius 2 is 2.26 bits per heavy atom. The Hall–Kier alpha value is -0.630. The first-order valence-electron chi connectivity index (χ1n) is 5.92. The highest BCUT2D eigenvalue weighted by Crippen LogP contribution is 2.24. The Morgan fingerprint density at radius 1 is 1.53 bits per heavy atom. The van der Waals surface area contributed by atoms with Gasteiger partial charge in [-0.1, -0.05) is 24.4 Å². The number of hydrogen-bond acceptors (Lipinski definition) is 4. The third-order valence-electron chi connectivity index (χ3n) is 3.03. The number of sulfonamides is 1. The van der Waals surface area contributed by atoms with Crippen molar-refractivity contribution < 1.29 is 8.42 Å². The fourth-order valence-electron chi connectivity index (χ4n) is 2.01. The van der Waals surface area contributed by atoms with Gasteiger partial charge in [-0.05, 0) is 19.1 Å². The Balaban J connectivity index is 2.38. The van der Waals surface area contributed by atoms with Crippen molar-refractivity contribution in [1.29, 1.82) is 0 Å². The van der Waals surface area contributed by atoms with E-state index in [9.17, 15) is 8.42 Å². The molecule has 1 aliphatic heterocycles. The summed E-state index contributed by atoms with van der Waals surface area (Å²) in [7, 11) is -3.46. The average molecular weight is 316 g/mol. The summed E-state index contributed by atoms with van der Waals surface area (Å²) in [6.45, 7) is 2.48. The number of hydrogen-bond donors (Lipinski definition) is 1. The fraction of sp³-hybridized carbons (Fsp3) is 0.417. The van der Waals surface area contributed by atoms with E-state index in [2.05, 4.69) is 0 Å². The maximum Gasteiger partial charge on any atom is 0.243 e. The predicted molar refractivity (Wildman–Crippen MR) is 83.0 cm³/mol. The number of thioether (sulfide) groups is 1. The first kappa shape index (κ1) is 14.8. The molecule has 1 aromatic rings. The lowest BCUT2D eigenvalue weighted by atomic mass is 10.2. The molecule has 0 aromatic heterocycles. The van der Waals surface area contributed by atoms with Crippen LogP contribution in [0.2, 0.25) is 0 Å². The van der Waals surface area contributed by atoms with Gasteiger partial charge in [-0.3, -0.25) is 0 Å². The minimum absolute atomic E-state index is 0.0113. The molecule has 1 atom stereocenters. The minimum Gasteiger partial charge on any atom is -0.389 e. The summed E-state index contributed by atoms with van der Waals surface area (Å²) in [6, 6.07) is 6.54. The van der Waals surface area contributed by atoms with E-state index in [0.717, 1.165) is 11.5 Å². The molecule has 0 aliphatic carbocycles. The van der Waals surface area contributed by atoms with Gasteiger partial charge in [0.15, 0.2) is 0 Å². The van der Waals surface area contributed by atoms with Crippen LogP contribution in [0.5, 0.6) is 0 Å². The zero-order valence-electron chi connectivity index (χ0n) is 10.6. The normalized spacial score (nSPS) is 21.2. The van der Waals surface area contributed by atoms with Crippen molar-refractivity contribution in [2.24, 2.45) is 5.73 Å². The molecule has 104 valence electrons. The number of benzene rings is 1. The molecule has 1 aromatic carbocycles. The summed E-state index contributed by atoms with van der Waals surface area (Å²) in [5.74, 6) is 1.66. The summed E-state index contributed by atoms with van der Waals surface area (Å²) in [4.78, 5) is 0.468. The van der Waals surface area contributed by atoms with Crippen molar-refractivity contribution >= 4 is 39.0 Å². The summed E-state index contributed by atoms with van der Waals surface area (Å²) in [5, 5.41) is 0. The Bertz CT molecular complexity index is 586. The second-order valence-corrected chi connectivity index (χ2v) is 7.91. The zero-order chi connectivity index (χ0) is 14.0. The molecular weight excluding hydrogens is 300 g/mol. The Kier molecular flexibility index (Phi) is 4.50. The maximum absolute atomic E-state index is 12.6. The third kappa shape index (κ3) is 3.10. The quantitative estimate of drug-likeness (QED) is 0.855. The first-order chi connectivity index (χ1) is 8.93. The van der Waals surface area contributed by atoms with E-state index in [1.54, 1.807) is 40.3 Å². The van der Waals surface area contributed by atoms with Gasteiger partial charge in [-0.2, -0.15) is 16.1 Å². The van der Waals surface area contributed by atoms with Crippen molar-refractivity contribution in [1.82, 2.24) is 4.31 Å². The van der Waals surface area contributed by atoms with Crippen molar-refractivity contribution in [3.05, 3.63) is 29.8 Å². The Morgan fingerprint density at radius 3 is 2.89 bits per heavy atom. The molecule has 1 unspecified atom stereocenters. The van der Waals surface area contributed by atoms with Gasteiger partial charge in [-0.25, -0.2) is 8.42 Å². The van der Waals surface area contributed by atoms with Crippen LogP contribution in [0.3, 0.4) is 0 Å². The predicted octanol–water partition coefficient (Wildman–Crippen LogP) is 1.45. The van der Waals surface area contributed by atoms with Crippen molar-refractivity contribution in [2.45, 2.75) is 17.9 Å². The van der Waals surface area contributed by atoms with Crippen molar-refractivity contribution in [3.8, 4) is 0 Å². The smallest absolute Gasteiger partial charge is 0.243 e. The van der Waals surface area contributed by atoms with Gasteiger partial charge in [0, 0.05) is 29.7 Å². The van der Waals surface area contributed by atoms with E-state index >= 15 is 0 Å². The van der Waals surface area contributed by atoms with Gasteiger partial charge in [0.1, 0.15) is 4.99 Å². The summed E-state index contributed by atoms with van der Waals surface area (Å²) in [5.41, 5.74) is 6.13. The van der Waals surface area contributed by atoms with Crippen LogP contribution in [0.15, 0.2) is 29.2 Å². The average Bonchev–Trinajstić information content (AvgIpc) is 2.39. The van der Waals surface area contributed by atoms with Crippen LogP contribution in [-0.2, 0) is 10.0 Å². The molecule has 1 saturated heterocycles. The van der Waals surface area contributed by atoms with Gasteiger partial charge in [0.2, 0.25) is 10.0 Å². The molecule has 19 heavy (non-hydrogen) atoms.